The fourth-order valence-electron chi connectivity index (χ4n) is 3.04. The van der Waals surface area contributed by atoms with Gasteiger partial charge in [0.15, 0.2) is 0 Å². The van der Waals surface area contributed by atoms with E-state index >= 15 is 0 Å². The minimum absolute atomic E-state index is 0.0449. The van der Waals surface area contributed by atoms with Crippen LogP contribution in [0.5, 0.6) is 0 Å². The standard InChI is InChI=1S/C18H18FN5OS/c19-14-5-7-15(8-6-14)20-16(25)13-4-3-11-24(12-13)18-22-21-17(26-18)23-9-1-2-10-23/h1-2,5-10,13H,3-4,11-12H2,(H,20,25)/t13-/m0/s1. The van der Waals surface area contributed by atoms with Crippen molar-refractivity contribution in [3.8, 4) is 5.13 Å². The van der Waals surface area contributed by atoms with Crippen molar-refractivity contribution in [2.75, 3.05) is 23.3 Å². The molecular formula is C18H18FN5OS. The van der Waals surface area contributed by atoms with Crippen molar-refractivity contribution in [2.45, 2.75) is 12.8 Å². The van der Waals surface area contributed by atoms with E-state index in [9.17, 15) is 9.18 Å². The summed E-state index contributed by atoms with van der Waals surface area (Å²) in [7, 11) is 0. The second-order valence-corrected chi connectivity index (χ2v) is 7.17. The summed E-state index contributed by atoms with van der Waals surface area (Å²) in [5, 5.41) is 13.0. The molecule has 0 radical (unpaired) electrons. The monoisotopic (exact) mass is 371 g/mol. The van der Waals surface area contributed by atoms with Crippen molar-refractivity contribution in [2.24, 2.45) is 5.92 Å². The van der Waals surface area contributed by atoms with Crippen molar-refractivity contribution in [1.82, 2.24) is 14.8 Å². The number of aromatic nitrogens is 3. The van der Waals surface area contributed by atoms with E-state index in [1.165, 1.54) is 23.5 Å². The van der Waals surface area contributed by atoms with Crippen LogP contribution >= 0.6 is 11.3 Å². The minimum Gasteiger partial charge on any atom is -0.346 e. The summed E-state index contributed by atoms with van der Waals surface area (Å²) in [4.78, 5) is 14.7. The van der Waals surface area contributed by atoms with Crippen LogP contribution in [0.1, 0.15) is 12.8 Å². The second-order valence-electron chi connectivity index (χ2n) is 6.24. The molecule has 0 aliphatic carbocycles. The molecule has 0 bridgehead atoms. The number of halogens is 1. The highest BCUT2D eigenvalue weighted by atomic mass is 32.1. The lowest BCUT2D eigenvalue weighted by Crippen LogP contribution is -2.40. The van der Waals surface area contributed by atoms with Crippen LogP contribution in [0.2, 0.25) is 0 Å². The van der Waals surface area contributed by atoms with Gasteiger partial charge in [-0.3, -0.25) is 9.36 Å². The molecule has 1 aliphatic heterocycles. The normalized spacial score (nSPS) is 17.3. The molecule has 1 aromatic carbocycles. The van der Waals surface area contributed by atoms with Gasteiger partial charge in [0.05, 0.1) is 5.92 Å². The van der Waals surface area contributed by atoms with Gasteiger partial charge < -0.3 is 10.2 Å². The Morgan fingerprint density at radius 2 is 1.88 bits per heavy atom. The van der Waals surface area contributed by atoms with Gasteiger partial charge in [0.1, 0.15) is 5.82 Å². The Morgan fingerprint density at radius 3 is 2.65 bits per heavy atom. The Morgan fingerprint density at radius 1 is 1.15 bits per heavy atom. The molecule has 1 fully saturated rings. The Balaban J connectivity index is 1.42. The molecule has 1 N–H and O–H groups in total. The van der Waals surface area contributed by atoms with Crippen molar-refractivity contribution in [1.29, 1.82) is 0 Å². The van der Waals surface area contributed by atoms with Crippen molar-refractivity contribution >= 4 is 28.1 Å². The van der Waals surface area contributed by atoms with Crippen LogP contribution in [-0.4, -0.2) is 33.8 Å². The molecule has 2 aromatic heterocycles. The Labute approximate surface area is 154 Å². The van der Waals surface area contributed by atoms with Gasteiger partial charge in [-0.2, -0.15) is 0 Å². The first-order valence-corrected chi connectivity index (χ1v) is 9.29. The molecule has 0 saturated carbocycles. The number of hydrogen-bond donors (Lipinski definition) is 1. The summed E-state index contributed by atoms with van der Waals surface area (Å²) < 4.78 is 14.9. The third kappa shape index (κ3) is 3.60. The summed E-state index contributed by atoms with van der Waals surface area (Å²) >= 11 is 1.51. The second kappa shape index (κ2) is 7.25. The zero-order valence-electron chi connectivity index (χ0n) is 14.0. The van der Waals surface area contributed by atoms with E-state index in [2.05, 4.69) is 20.4 Å². The van der Waals surface area contributed by atoms with Gasteiger partial charge >= 0.3 is 0 Å². The van der Waals surface area contributed by atoms with E-state index in [-0.39, 0.29) is 17.6 Å². The predicted molar refractivity (Wildman–Crippen MR) is 99.2 cm³/mol. The lowest BCUT2D eigenvalue weighted by Gasteiger charge is -2.31. The molecule has 8 heteroatoms. The highest BCUT2D eigenvalue weighted by molar-refractivity contribution is 7.17. The summed E-state index contributed by atoms with van der Waals surface area (Å²) in [6.45, 7) is 1.47. The first kappa shape index (κ1) is 16.7. The molecule has 3 heterocycles. The third-order valence-corrected chi connectivity index (χ3v) is 5.40. The van der Waals surface area contributed by atoms with E-state index in [0.29, 0.717) is 12.2 Å². The lowest BCUT2D eigenvalue weighted by molar-refractivity contribution is -0.120. The maximum absolute atomic E-state index is 13.0. The third-order valence-electron chi connectivity index (χ3n) is 4.40. The predicted octanol–water partition coefficient (Wildman–Crippen LogP) is 3.32. The average Bonchev–Trinajstić information content (AvgIpc) is 3.35. The average molecular weight is 371 g/mol. The highest BCUT2D eigenvalue weighted by Gasteiger charge is 2.27. The van der Waals surface area contributed by atoms with E-state index < -0.39 is 0 Å². The summed E-state index contributed by atoms with van der Waals surface area (Å²) in [6.07, 6.45) is 5.60. The molecule has 3 aromatic rings. The Bertz CT molecular complexity index is 877. The molecule has 1 aliphatic rings. The van der Waals surface area contributed by atoms with Gasteiger partial charge in [-0.1, -0.05) is 11.3 Å². The topological polar surface area (TPSA) is 63.1 Å². The molecule has 0 spiro atoms. The van der Waals surface area contributed by atoms with Crippen LogP contribution < -0.4 is 10.2 Å². The van der Waals surface area contributed by atoms with Crippen LogP contribution in [-0.2, 0) is 4.79 Å². The molecule has 1 saturated heterocycles. The molecule has 134 valence electrons. The molecular weight excluding hydrogens is 353 g/mol. The molecule has 1 amide bonds. The van der Waals surface area contributed by atoms with E-state index in [1.54, 1.807) is 12.1 Å². The van der Waals surface area contributed by atoms with Gasteiger partial charge in [-0.05, 0) is 49.2 Å². The van der Waals surface area contributed by atoms with Gasteiger partial charge in [0.25, 0.3) is 0 Å². The summed E-state index contributed by atoms with van der Waals surface area (Å²) in [6, 6.07) is 9.71. The number of hydrogen-bond acceptors (Lipinski definition) is 5. The van der Waals surface area contributed by atoms with Crippen molar-refractivity contribution < 1.29 is 9.18 Å². The van der Waals surface area contributed by atoms with Gasteiger partial charge in [0, 0.05) is 31.2 Å². The van der Waals surface area contributed by atoms with Gasteiger partial charge in [-0.25, -0.2) is 4.39 Å². The Kier molecular flexibility index (Phi) is 4.66. The number of benzene rings is 1. The first-order valence-electron chi connectivity index (χ1n) is 8.47. The quantitative estimate of drug-likeness (QED) is 0.764. The highest BCUT2D eigenvalue weighted by Crippen LogP contribution is 2.28. The minimum atomic E-state index is -0.318. The lowest BCUT2D eigenvalue weighted by atomic mass is 9.97. The maximum Gasteiger partial charge on any atom is 0.229 e. The van der Waals surface area contributed by atoms with E-state index in [4.69, 9.17) is 0 Å². The number of amides is 1. The zero-order valence-corrected chi connectivity index (χ0v) is 14.8. The number of anilines is 2. The summed E-state index contributed by atoms with van der Waals surface area (Å²) in [5.41, 5.74) is 0.610. The number of carbonyl (C=O) groups excluding carboxylic acids is 1. The van der Waals surface area contributed by atoms with Crippen molar-refractivity contribution in [3.05, 3.63) is 54.6 Å². The fraction of sp³-hybridized carbons (Fsp3) is 0.278. The smallest absolute Gasteiger partial charge is 0.229 e. The van der Waals surface area contributed by atoms with Crippen LogP contribution in [0.25, 0.3) is 5.13 Å². The van der Waals surface area contributed by atoms with Gasteiger partial charge in [-0.15, -0.1) is 10.2 Å². The number of nitrogens with one attached hydrogen (secondary N) is 1. The number of rotatable bonds is 4. The molecule has 26 heavy (non-hydrogen) atoms. The maximum atomic E-state index is 13.0. The van der Waals surface area contributed by atoms with Crippen LogP contribution in [0.4, 0.5) is 15.2 Å². The van der Waals surface area contributed by atoms with Gasteiger partial charge in [0.2, 0.25) is 16.2 Å². The van der Waals surface area contributed by atoms with Crippen LogP contribution in [0.3, 0.4) is 0 Å². The summed E-state index contributed by atoms with van der Waals surface area (Å²) in [5.74, 6) is -0.495. The van der Waals surface area contributed by atoms with Crippen LogP contribution in [0.15, 0.2) is 48.8 Å². The van der Waals surface area contributed by atoms with Crippen LogP contribution in [0, 0.1) is 11.7 Å². The molecule has 1 atom stereocenters. The Hall–Kier alpha value is -2.74. The SMILES string of the molecule is O=C(Nc1ccc(F)cc1)[C@H]1CCCN(c2nnc(-n3cccc3)s2)C1. The number of carbonyl (C=O) groups is 1. The fourth-order valence-corrected chi connectivity index (χ4v) is 3.89. The van der Waals surface area contributed by atoms with Crippen molar-refractivity contribution in [3.63, 3.8) is 0 Å². The molecule has 0 unspecified atom stereocenters. The largest absolute Gasteiger partial charge is 0.346 e. The number of piperidine rings is 1. The van der Waals surface area contributed by atoms with E-state index in [1.807, 2.05) is 29.1 Å². The van der Waals surface area contributed by atoms with E-state index in [0.717, 1.165) is 29.6 Å². The molecule has 6 nitrogen and oxygen atoms in total. The first-order chi connectivity index (χ1) is 12.7. The number of nitrogens with zero attached hydrogens (tertiary/aromatic N) is 4. The molecule has 4 rings (SSSR count). The zero-order chi connectivity index (χ0) is 17.9.